The van der Waals surface area contributed by atoms with Crippen molar-refractivity contribution in [3.05, 3.63) is 29.8 Å². The summed E-state index contributed by atoms with van der Waals surface area (Å²) in [6, 6.07) is 7.77. The first-order valence-corrected chi connectivity index (χ1v) is 4.05. The summed E-state index contributed by atoms with van der Waals surface area (Å²) in [7, 11) is 0. The highest BCUT2D eigenvalue weighted by Crippen LogP contribution is 2.07. The highest BCUT2D eigenvalue weighted by atomic mass is 16.1. The van der Waals surface area contributed by atoms with Crippen molar-refractivity contribution in [3.8, 4) is 0 Å². The second-order valence-corrected chi connectivity index (χ2v) is 2.85. The number of rotatable bonds is 3. The van der Waals surface area contributed by atoms with E-state index in [0.717, 1.165) is 5.69 Å². The van der Waals surface area contributed by atoms with Gasteiger partial charge in [0.2, 0.25) is 0 Å². The number of hydrogen-bond acceptors (Lipinski definition) is 3. The molecule has 0 heterocycles. The van der Waals surface area contributed by atoms with Gasteiger partial charge in [-0.2, -0.15) is 5.10 Å². The summed E-state index contributed by atoms with van der Waals surface area (Å²) in [5.74, 6) is -0.0698. The van der Waals surface area contributed by atoms with Crippen LogP contribution in [0.3, 0.4) is 0 Å². The Kier molecular flexibility index (Phi) is 3.20. The van der Waals surface area contributed by atoms with Gasteiger partial charge in [0.05, 0.1) is 11.9 Å². The summed E-state index contributed by atoms with van der Waals surface area (Å²) < 4.78 is 0. The number of hydrazone groups is 1. The minimum Gasteiger partial charge on any atom is -0.293 e. The minimum absolute atomic E-state index is 0.0698. The predicted octanol–water partition coefficient (Wildman–Crippen LogP) is 1.98. The molecule has 0 bridgehead atoms. The Morgan fingerprint density at radius 2 is 2.00 bits per heavy atom. The lowest BCUT2D eigenvalue weighted by Crippen LogP contribution is -1.95. The lowest BCUT2D eigenvalue weighted by molar-refractivity contribution is -0.110. The van der Waals surface area contributed by atoms with Crippen molar-refractivity contribution in [1.29, 1.82) is 0 Å². The van der Waals surface area contributed by atoms with Crippen LogP contribution < -0.4 is 5.43 Å². The van der Waals surface area contributed by atoms with Crippen LogP contribution in [-0.2, 0) is 4.79 Å². The molecule has 3 heteroatoms. The summed E-state index contributed by atoms with van der Waals surface area (Å²) in [4.78, 5) is 10.5. The summed E-state index contributed by atoms with van der Waals surface area (Å²) >= 11 is 0. The monoisotopic (exact) mass is 176 g/mol. The molecule has 0 aliphatic carbocycles. The standard InChI is InChI=1S/C10H12N2O/c1-8-3-5-10(6-4-8)12-11-7-9(2)13/h3-7,12H,1-2H3. The van der Waals surface area contributed by atoms with Crippen molar-refractivity contribution in [2.24, 2.45) is 5.10 Å². The predicted molar refractivity (Wildman–Crippen MR) is 54.0 cm³/mol. The third-order valence-corrected chi connectivity index (χ3v) is 1.49. The van der Waals surface area contributed by atoms with Gasteiger partial charge in [0.1, 0.15) is 0 Å². The number of ketones is 1. The molecule has 0 atom stereocenters. The topological polar surface area (TPSA) is 41.5 Å². The van der Waals surface area contributed by atoms with E-state index in [-0.39, 0.29) is 5.78 Å². The molecule has 3 nitrogen and oxygen atoms in total. The van der Waals surface area contributed by atoms with Crippen LogP contribution in [0.5, 0.6) is 0 Å². The first-order valence-electron chi connectivity index (χ1n) is 4.05. The lowest BCUT2D eigenvalue weighted by atomic mass is 10.2. The Morgan fingerprint density at radius 1 is 1.38 bits per heavy atom. The molecule has 68 valence electrons. The van der Waals surface area contributed by atoms with Crippen molar-refractivity contribution >= 4 is 17.7 Å². The SMILES string of the molecule is CC(=O)C=NNc1ccc(C)cc1. The molecule has 0 radical (unpaired) electrons. The molecular formula is C10H12N2O. The lowest BCUT2D eigenvalue weighted by Gasteiger charge is -1.98. The smallest absolute Gasteiger partial charge is 0.172 e. The number of anilines is 1. The maximum atomic E-state index is 10.5. The first-order chi connectivity index (χ1) is 6.18. The van der Waals surface area contributed by atoms with Crippen LogP contribution >= 0.6 is 0 Å². The number of nitrogens with one attached hydrogen (secondary N) is 1. The van der Waals surface area contributed by atoms with E-state index in [1.807, 2.05) is 31.2 Å². The van der Waals surface area contributed by atoms with Gasteiger partial charge >= 0.3 is 0 Å². The van der Waals surface area contributed by atoms with E-state index in [2.05, 4.69) is 10.5 Å². The fourth-order valence-corrected chi connectivity index (χ4v) is 0.826. The van der Waals surface area contributed by atoms with Gasteiger partial charge in [0.15, 0.2) is 5.78 Å². The number of carbonyl (C=O) groups excluding carboxylic acids is 1. The van der Waals surface area contributed by atoms with Crippen LogP contribution in [-0.4, -0.2) is 12.0 Å². The Balaban J connectivity index is 2.55. The molecule has 0 saturated heterocycles. The molecule has 1 aromatic rings. The fraction of sp³-hybridized carbons (Fsp3) is 0.200. The molecule has 0 aromatic heterocycles. The Labute approximate surface area is 77.5 Å². The quantitative estimate of drug-likeness (QED) is 0.565. The van der Waals surface area contributed by atoms with Crippen molar-refractivity contribution < 1.29 is 4.79 Å². The van der Waals surface area contributed by atoms with Crippen LogP contribution in [0.15, 0.2) is 29.4 Å². The van der Waals surface area contributed by atoms with Gasteiger partial charge in [-0.3, -0.25) is 10.2 Å². The van der Waals surface area contributed by atoms with Crippen LogP contribution in [0.2, 0.25) is 0 Å². The molecule has 1 rings (SSSR count). The molecular weight excluding hydrogens is 164 g/mol. The highest BCUT2D eigenvalue weighted by Gasteiger charge is 1.88. The van der Waals surface area contributed by atoms with Crippen molar-refractivity contribution in [1.82, 2.24) is 0 Å². The van der Waals surface area contributed by atoms with Gasteiger partial charge in [-0.1, -0.05) is 17.7 Å². The maximum absolute atomic E-state index is 10.5. The number of nitrogens with zero attached hydrogens (tertiary/aromatic N) is 1. The third-order valence-electron chi connectivity index (χ3n) is 1.49. The van der Waals surface area contributed by atoms with Crippen LogP contribution in [0.1, 0.15) is 12.5 Å². The molecule has 0 fully saturated rings. The van der Waals surface area contributed by atoms with Crippen molar-refractivity contribution in [2.45, 2.75) is 13.8 Å². The van der Waals surface area contributed by atoms with Gasteiger partial charge < -0.3 is 0 Å². The van der Waals surface area contributed by atoms with Gasteiger partial charge in [-0.05, 0) is 19.1 Å². The molecule has 1 aromatic carbocycles. The summed E-state index contributed by atoms with van der Waals surface area (Å²) in [6.45, 7) is 3.48. The van der Waals surface area contributed by atoms with E-state index in [1.165, 1.54) is 18.7 Å². The summed E-state index contributed by atoms with van der Waals surface area (Å²) in [6.07, 6.45) is 1.25. The molecule has 0 spiro atoms. The van der Waals surface area contributed by atoms with Gasteiger partial charge in [-0.25, -0.2) is 0 Å². The zero-order chi connectivity index (χ0) is 9.68. The van der Waals surface area contributed by atoms with E-state index >= 15 is 0 Å². The molecule has 0 aliphatic rings. The van der Waals surface area contributed by atoms with E-state index in [0.29, 0.717) is 0 Å². The molecule has 0 unspecified atom stereocenters. The fourth-order valence-electron chi connectivity index (χ4n) is 0.826. The van der Waals surface area contributed by atoms with E-state index in [9.17, 15) is 4.79 Å². The maximum Gasteiger partial charge on any atom is 0.172 e. The number of benzene rings is 1. The minimum atomic E-state index is -0.0698. The Hall–Kier alpha value is -1.64. The number of hydrogen-bond donors (Lipinski definition) is 1. The molecule has 0 amide bonds. The van der Waals surface area contributed by atoms with Gasteiger partial charge in [0.25, 0.3) is 0 Å². The second-order valence-electron chi connectivity index (χ2n) is 2.85. The van der Waals surface area contributed by atoms with Crippen molar-refractivity contribution in [3.63, 3.8) is 0 Å². The van der Waals surface area contributed by atoms with E-state index in [1.54, 1.807) is 0 Å². The second kappa shape index (κ2) is 4.40. The average molecular weight is 176 g/mol. The van der Waals surface area contributed by atoms with E-state index in [4.69, 9.17) is 0 Å². The van der Waals surface area contributed by atoms with Crippen molar-refractivity contribution in [2.75, 3.05) is 5.43 Å². The zero-order valence-electron chi connectivity index (χ0n) is 7.74. The number of Topliss-reactive ketones (excluding diaryl/α,β-unsaturated/α-hetero) is 1. The molecule has 13 heavy (non-hydrogen) atoms. The van der Waals surface area contributed by atoms with E-state index < -0.39 is 0 Å². The average Bonchev–Trinajstić information content (AvgIpc) is 2.08. The normalized spacial score (nSPS) is 10.3. The van der Waals surface area contributed by atoms with Gasteiger partial charge in [0, 0.05) is 6.92 Å². The Morgan fingerprint density at radius 3 is 2.54 bits per heavy atom. The van der Waals surface area contributed by atoms with Crippen LogP contribution in [0.4, 0.5) is 5.69 Å². The largest absolute Gasteiger partial charge is 0.293 e. The van der Waals surface area contributed by atoms with Gasteiger partial charge in [-0.15, -0.1) is 0 Å². The molecule has 0 aliphatic heterocycles. The first kappa shape index (κ1) is 9.45. The number of aryl methyl sites for hydroxylation is 1. The molecule has 0 saturated carbocycles. The molecule has 1 N–H and O–H groups in total. The Bertz CT molecular complexity index is 314. The third kappa shape index (κ3) is 3.51. The van der Waals surface area contributed by atoms with Crippen LogP contribution in [0.25, 0.3) is 0 Å². The zero-order valence-corrected chi connectivity index (χ0v) is 7.74. The van der Waals surface area contributed by atoms with Crippen LogP contribution in [0, 0.1) is 6.92 Å². The summed E-state index contributed by atoms with van der Waals surface area (Å²) in [5, 5.41) is 3.75. The summed E-state index contributed by atoms with van der Waals surface area (Å²) in [5.41, 5.74) is 4.83. The highest BCUT2D eigenvalue weighted by molar-refractivity contribution is 6.26. The number of carbonyl (C=O) groups is 1.